The van der Waals surface area contributed by atoms with Crippen LogP contribution in [-0.4, -0.2) is 36.6 Å². The summed E-state index contributed by atoms with van der Waals surface area (Å²) in [4.78, 5) is 0. The van der Waals surface area contributed by atoms with Crippen LogP contribution in [0, 0.1) is 0 Å². The molecule has 0 aliphatic heterocycles. The molecular weight excluding hydrogens is 280 g/mol. The van der Waals surface area contributed by atoms with E-state index in [1.165, 1.54) is 17.4 Å². The Morgan fingerprint density at radius 2 is 2.20 bits per heavy atom. The van der Waals surface area contributed by atoms with Crippen LogP contribution < -0.4 is 5.32 Å². The lowest BCUT2D eigenvalue weighted by Crippen LogP contribution is -2.26. The Morgan fingerprint density at radius 3 is 2.80 bits per heavy atom. The molecular formula is C12H18N4O3S. The van der Waals surface area contributed by atoms with Gasteiger partial charge in [0, 0.05) is 32.4 Å². The van der Waals surface area contributed by atoms with Crippen LogP contribution in [0.25, 0.3) is 0 Å². The molecule has 0 spiro atoms. The molecule has 0 saturated carbocycles. The topological polar surface area (TPSA) is 80.4 Å². The number of hydrogen-bond donors (Lipinski definition) is 1. The van der Waals surface area contributed by atoms with Gasteiger partial charge in [0.15, 0.2) is 0 Å². The summed E-state index contributed by atoms with van der Waals surface area (Å²) in [5.41, 5.74) is 0.820. The van der Waals surface area contributed by atoms with Crippen LogP contribution in [0.1, 0.15) is 11.3 Å². The van der Waals surface area contributed by atoms with Crippen molar-refractivity contribution in [1.82, 2.24) is 19.4 Å². The van der Waals surface area contributed by atoms with Crippen molar-refractivity contribution in [2.45, 2.75) is 18.2 Å². The summed E-state index contributed by atoms with van der Waals surface area (Å²) in [6.45, 7) is 0.736. The minimum Gasteiger partial charge on any atom is -0.447 e. The van der Waals surface area contributed by atoms with E-state index < -0.39 is 10.0 Å². The summed E-state index contributed by atoms with van der Waals surface area (Å²) in [6, 6.07) is 3.13. The summed E-state index contributed by atoms with van der Waals surface area (Å²) in [7, 11) is 1.45. The van der Waals surface area contributed by atoms with Gasteiger partial charge in [0.1, 0.15) is 5.76 Å². The first-order chi connectivity index (χ1) is 9.43. The minimum atomic E-state index is -3.62. The molecule has 2 heterocycles. The largest absolute Gasteiger partial charge is 0.447 e. The number of rotatable bonds is 6. The third-order valence-electron chi connectivity index (χ3n) is 2.82. The number of aryl methyl sites for hydroxylation is 1. The average Bonchev–Trinajstić information content (AvgIpc) is 2.99. The molecule has 0 aliphatic carbocycles. The number of hydrogen-bond acceptors (Lipinski definition) is 5. The molecule has 8 heteroatoms. The molecule has 0 amide bonds. The minimum absolute atomic E-state index is 0.0471. The molecule has 0 aromatic carbocycles. The van der Waals surface area contributed by atoms with Crippen LogP contribution >= 0.6 is 0 Å². The smallest absolute Gasteiger partial charge is 0.276 e. The third-order valence-corrected chi connectivity index (χ3v) is 4.49. The van der Waals surface area contributed by atoms with Gasteiger partial charge in [-0.2, -0.15) is 9.40 Å². The average molecular weight is 298 g/mol. The zero-order valence-corrected chi connectivity index (χ0v) is 12.5. The van der Waals surface area contributed by atoms with Crippen LogP contribution in [0.4, 0.5) is 0 Å². The van der Waals surface area contributed by atoms with Gasteiger partial charge in [-0.05, 0) is 19.2 Å². The quantitative estimate of drug-likeness (QED) is 0.842. The Kier molecular flexibility index (Phi) is 4.26. The number of aromatic nitrogens is 2. The van der Waals surface area contributed by atoms with E-state index in [2.05, 4.69) is 10.4 Å². The predicted octanol–water partition coefficient (Wildman–Crippen LogP) is 0.553. The van der Waals surface area contributed by atoms with Gasteiger partial charge in [-0.1, -0.05) is 0 Å². The van der Waals surface area contributed by atoms with Crippen LogP contribution in [-0.2, 0) is 30.2 Å². The molecule has 20 heavy (non-hydrogen) atoms. The second-order valence-corrected chi connectivity index (χ2v) is 6.51. The van der Waals surface area contributed by atoms with Crippen LogP contribution in [0.2, 0.25) is 0 Å². The molecule has 0 unspecified atom stereocenters. The number of sulfonamides is 1. The standard InChI is InChI=1S/C12H18N4O3S/c1-13-7-11-4-5-12(19-11)20(17,18)16(3)9-10-6-14-15(2)8-10/h4-6,8,13H,7,9H2,1-3H3. The molecule has 2 aromatic heterocycles. The van der Waals surface area contributed by atoms with Crippen molar-refractivity contribution in [3.05, 3.63) is 35.9 Å². The molecule has 2 aromatic rings. The van der Waals surface area contributed by atoms with Crippen molar-refractivity contribution in [2.24, 2.45) is 7.05 Å². The first-order valence-corrected chi connectivity index (χ1v) is 7.54. The summed E-state index contributed by atoms with van der Waals surface area (Å²) < 4.78 is 32.9. The van der Waals surface area contributed by atoms with Gasteiger partial charge < -0.3 is 9.73 Å². The summed E-state index contributed by atoms with van der Waals surface area (Å²) in [5.74, 6) is 0.584. The lowest BCUT2D eigenvalue weighted by Gasteiger charge is -2.14. The molecule has 2 rings (SSSR count). The lowest BCUT2D eigenvalue weighted by molar-refractivity contribution is 0.382. The third kappa shape index (κ3) is 3.09. The Balaban J connectivity index is 2.15. The van der Waals surface area contributed by atoms with Gasteiger partial charge in [0.05, 0.1) is 12.7 Å². The summed E-state index contributed by atoms with van der Waals surface area (Å²) >= 11 is 0. The van der Waals surface area contributed by atoms with E-state index in [0.29, 0.717) is 12.3 Å². The van der Waals surface area contributed by atoms with Crippen molar-refractivity contribution < 1.29 is 12.8 Å². The Hall–Kier alpha value is -1.64. The number of nitrogens with one attached hydrogen (secondary N) is 1. The van der Waals surface area contributed by atoms with Crippen molar-refractivity contribution in [1.29, 1.82) is 0 Å². The van der Waals surface area contributed by atoms with Crippen molar-refractivity contribution in [3.8, 4) is 0 Å². The van der Waals surface area contributed by atoms with Crippen molar-refractivity contribution >= 4 is 10.0 Å². The van der Waals surface area contributed by atoms with E-state index in [0.717, 1.165) is 5.56 Å². The number of furan rings is 1. The highest BCUT2D eigenvalue weighted by atomic mass is 32.2. The van der Waals surface area contributed by atoms with E-state index in [1.807, 2.05) is 0 Å². The Morgan fingerprint density at radius 1 is 1.45 bits per heavy atom. The molecule has 0 aliphatic rings. The first kappa shape index (κ1) is 14.8. The highest BCUT2D eigenvalue weighted by Gasteiger charge is 2.24. The number of nitrogens with zero attached hydrogens (tertiary/aromatic N) is 3. The molecule has 0 bridgehead atoms. The van der Waals surface area contributed by atoms with E-state index in [-0.39, 0.29) is 11.6 Å². The molecule has 0 radical (unpaired) electrons. The van der Waals surface area contributed by atoms with Gasteiger partial charge in [-0.25, -0.2) is 8.42 Å². The molecule has 110 valence electrons. The predicted molar refractivity (Wildman–Crippen MR) is 73.3 cm³/mol. The lowest BCUT2D eigenvalue weighted by atomic mass is 10.4. The fourth-order valence-electron chi connectivity index (χ4n) is 1.82. The van der Waals surface area contributed by atoms with Crippen molar-refractivity contribution in [2.75, 3.05) is 14.1 Å². The fraction of sp³-hybridized carbons (Fsp3) is 0.417. The van der Waals surface area contributed by atoms with Crippen LogP contribution in [0.15, 0.2) is 34.0 Å². The van der Waals surface area contributed by atoms with Crippen LogP contribution in [0.5, 0.6) is 0 Å². The van der Waals surface area contributed by atoms with Crippen LogP contribution in [0.3, 0.4) is 0 Å². The summed E-state index contributed by atoms with van der Waals surface area (Å²) in [6.07, 6.45) is 3.42. The first-order valence-electron chi connectivity index (χ1n) is 6.10. The Bertz CT molecular complexity index is 674. The van der Waals surface area contributed by atoms with Gasteiger partial charge in [-0.15, -0.1) is 0 Å². The van der Waals surface area contributed by atoms with Crippen molar-refractivity contribution in [3.63, 3.8) is 0 Å². The maximum atomic E-state index is 12.3. The van der Waals surface area contributed by atoms with Gasteiger partial charge >= 0.3 is 0 Å². The molecule has 7 nitrogen and oxygen atoms in total. The molecule has 0 fully saturated rings. The maximum absolute atomic E-state index is 12.3. The molecule has 1 N–H and O–H groups in total. The van der Waals surface area contributed by atoms with Gasteiger partial charge in [0.2, 0.25) is 5.09 Å². The Labute approximate surface area is 118 Å². The van der Waals surface area contributed by atoms with E-state index in [4.69, 9.17) is 4.42 Å². The van der Waals surface area contributed by atoms with E-state index in [9.17, 15) is 8.42 Å². The molecule has 0 atom stereocenters. The summed E-state index contributed by atoms with van der Waals surface area (Å²) in [5, 5.41) is 6.88. The second-order valence-electron chi connectivity index (χ2n) is 4.53. The van der Waals surface area contributed by atoms with E-state index in [1.54, 1.807) is 37.2 Å². The zero-order valence-electron chi connectivity index (χ0n) is 11.7. The highest BCUT2D eigenvalue weighted by molar-refractivity contribution is 7.88. The van der Waals surface area contributed by atoms with Gasteiger partial charge in [0.25, 0.3) is 10.0 Å². The van der Waals surface area contributed by atoms with Gasteiger partial charge in [-0.3, -0.25) is 4.68 Å². The second kappa shape index (κ2) is 5.78. The molecule has 0 saturated heterocycles. The maximum Gasteiger partial charge on any atom is 0.276 e. The monoisotopic (exact) mass is 298 g/mol. The highest BCUT2D eigenvalue weighted by Crippen LogP contribution is 2.19. The fourth-order valence-corrected chi connectivity index (χ4v) is 2.89. The van der Waals surface area contributed by atoms with E-state index >= 15 is 0 Å². The zero-order chi connectivity index (χ0) is 14.8. The SMILES string of the molecule is CNCc1ccc(S(=O)(=O)N(C)Cc2cnn(C)c2)o1. The normalized spacial score (nSPS) is 12.2.